The summed E-state index contributed by atoms with van der Waals surface area (Å²) >= 11 is 5.27. The highest BCUT2D eigenvalue weighted by Crippen LogP contribution is 2.21. The van der Waals surface area contributed by atoms with Gasteiger partial charge in [-0.2, -0.15) is 9.41 Å². The first-order valence-corrected chi connectivity index (χ1v) is 12.5. The van der Waals surface area contributed by atoms with E-state index in [0.717, 1.165) is 11.3 Å². The van der Waals surface area contributed by atoms with E-state index in [1.807, 2.05) is 54.6 Å². The molecular formula is C24H24N4O4S2. The Morgan fingerprint density at radius 1 is 0.971 bits per heavy atom. The number of hydrogen-bond donors (Lipinski definition) is 2. The van der Waals surface area contributed by atoms with Crippen LogP contribution in [0.4, 0.5) is 5.69 Å². The first-order chi connectivity index (χ1) is 16.5. The Kier molecular flexibility index (Phi) is 7.86. The van der Waals surface area contributed by atoms with E-state index in [4.69, 9.17) is 21.7 Å². The van der Waals surface area contributed by atoms with Gasteiger partial charge in [0.05, 0.1) is 24.3 Å². The van der Waals surface area contributed by atoms with Crippen LogP contribution in [0.5, 0.6) is 11.5 Å². The third-order valence-electron chi connectivity index (χ3n) is 4.94. The molecule has 10 heteroatoms. The van der Waals surface area contributed by atoms with Crippen LogP contribution in [0.1, 0.15) is 5.56 Å². The lowest BCUT2D eigenvalue weighted by Gasteiger charge is -2.26. The first-order valence-electron chi connectivity index (χ1n) is 10.6. The Labute approximate surface area is 204 Å². The molecule has 0 saturated carbocycles. The van der Waals surface area contributed by atoms with E-state index in [9.17, 15) is 8.42 Å². The number of benzene rings is 3. The van der Waals surface area contributed by atoms with Crippen LogP contribution >= 0.6 is 12.2 Å². The van der Waals surface area contributed by atoms with Crippen LogP contribution in [0.25, 0.3) is 0 Å². The van der Waals surface area contributed by atoms with Crippen LogP contribution in [0, 0.1) is 0 Å². The molecule has 1 saturated heterocycles. The van der Waals surface area contributed by atoms with Gasteiger partial charge >= 0.3 is 0 Å². The number of para-hydroxylation sites is 1. The Morgan fingerprint density at radius 3 is 2.41 bits per heavy atom. The van der Waals surface area contributed by atoms with E-state index in [0.29, 0.717) is 37.7 Å². The molecule has 2 N–H and O–H groups in total. The lowest BCUT2D eigenvalue weighted by atomic mass is 10.2. The molecule has 0 radical (unpaired) electrons. The van der Waals surface area contributed by atoms with Gasteiger partial charge in [0.1, 0.15) is 11.5 Å². The van der Waals surface area contributed by atoms with E-state index >= 15 is 0 Å². The summed E-state index contributed by atoms with van der Waals surface area (Å²) in [4.78, 5) is 0.231. The molecule has 1 heterocycles. The molecule has 0 spiro atoms. The lowest BCUT2D eigenvalue weighted by Crippen LogP contribution is -2.40. The van der Waals surface area contributed by atoms with Gasteiger partial charge in [0.2, 0.25) is 10.0 Å². The summed E-state index contributed by atoms with van der Waals surface area (Å²) in [5.41, 5.74) is 4.23. The van der Waals surface area contributed by atoms with Crippen LogP contribution < -0.4 is 15.5 Å². The highest BCUT2D eigenvalue weighted by molar-refractivity contribution is 7.89. The summed E-state index contributed by atoms with van der Waals surface area (Å²) in [6.07, 6.45) is 1.63. The molecule has 0 aromatic heterocycles. The zero-order chi connectivity index (χ0) is 23.8. The monoisotopic (exact) mass is 496 g/mol. The number of rotatable bonds is 7. The molecule has 8 nitrogen and oxygen atoms in total. The molecule has 3 aromatic carbocycles. The van der Waals surface area contributed by atoms with Gasteiger partial charge in [0, 0.05) is 18.8 Å². The van der Waals surface area contributed by atoms with Crippen LogP contribution in [-0.4, -0.2) is 50.4 Å². The highest BCUT2D eigenvalue weighted by atomic mass is 32.2. The maximum atomic E-state index is 12.7. The number of thiocarbonyl (C=S) groups is 1. The van der Waals surface area contributed by atoms with Crippen molar-refractivity contribution in [3.05, 3.63) is 84.4 Å². The summed E-state index contributed by atoms with van der Waals surface area (Å²) in [5.74, 6) is 1.45. The van der Waals surface area contributed by atoms with Crippen molar-refractivity contribution in [2.75, 3.05) is 31.6 Å². The second-order valence-corrected chi connectivity index (χ2v) is 9.70. The summed E-state index contributed by atoms with van der Waals surface area (Å²) in [6, 6.07) is 23.5. The molecule has 0 amide bonds. The highest BCUT2D eigenvalue weighted by Gasteiger charge is 2.26. The van der Waals surface area contributed by atoms with E-state index in [-0.39, 0.29) is 10.0 Å². The fourth-order valence-electron chi connectivity index (χ4n) is 3.25. The van der Waals surface area contributed by atoms with Crippen molar-refractivity contribution < 1.29 is 17.9 Å². The Bertz CT molecular complexity index is 1240. The molecule has 0 atom stereocenters. The van der Waals surface area contributed by atoms with Crippen molar-refractivity contribution in [3.8, 4) is 11.5 Å². The molecule has 4 rings (SSSR count). The molecule has 3 aromatic rings. The predicted octanol–water partition coefficient (Wildman–Crippen LogP) is 3.82. The van der Waals surface area contributed by atoms with Gasteiger partial charge in [0.15, 0.2) is 5.11 Å². The van der Waals surface area contributed by atoms with Crippen molar-refractivity contribution in [1.82, 2.24) is 9.73 Å². The van der Waals surface area contributed by atoms with Crippen molar-refractivity contribution in [3.63, 3.8) is 0 Å². The maximum Gasteiger partial charge on any atom is 0.243 e. The zero-order valence-electron chi connectivity index (χ0n) is 18.3. The molecule has 1 fully saturated rings. The Balaban J connectivity index is 1.30. The average Bonchev–Trinajstić information content (AvgIpc) is 2.86. The summed E-state index contributed by atoms with van der Waals surface area (Å²) in [5, 5.41) is 7.41. The number of morpholine rings is 1. The number of anilines is 1. The van der Waals surface area contributed by atoms with Crippen molar-refractivity contribution >= 4 is 39.3 Å². The molecule has 34 heavy (non-hydrogen) atoms. The maximum absolute atomic E-state index is 12.7. The SMILES string of the molecule is O=S(=O)(c1ccc(NC(=S)NN=Cc2cccc(Oc3ccccc3)c2)cc1)N1CCOCC1. The summed E-state index contributed by atoms with van der Waals surface area (Å²) < 4.78 is 37.9. The van der Waals surface area contributed by atoms with Gasteiger partial charge in [-0.3, -0.25) is 5.43 Å². The summed E-state index contributed by atoms with van der Waals surface area (Å²) in [7, 11) is -3.53. The van der Waals surface area contributed by atoms with Gasteiger partial charge in [0.25, 0.3) is 0 Å². The number of sulfonamides is 1. The Morgan fingerprint density at radius 2 is 1.68 bits per heavy atom. The molecule has 1 aliphatic heterocycles. The molecule has 176 valence electrons. The van der Waals surface area contributed by atoms with Crippen LogP contribution in [0.3, 0.4) is 0 Å². The van der Waals surface area contributed by atoms with Gasteiger partial charge in [-0.15, -0.1) is 0 Å². The van der Waals surface area contributed by atoms with Gasteiger partial charge < -0.3 is 14.8 Å². The van der Waals surface area contributed by atoms with Crippen molar-refractivity contribution in [2.24, 2.45) is 5.10 Å². The molecular weight excluding hydrogens is 472 g/mol. The Hall–Kier alpha value is -3.31. The van der Waals surface area contributed by atoms with Crippen LogP contribution in [0.2, 0.25) is 0 Å². The lowest BCUT2D eigenvalue weighted by molar-refractivity contribution is 0.0730. The standard InChI is InChI=1S/C24H24N4O4S2/c29-34(30,28-13-15-31-16-14-28)23-11-9-20(10-12-23)26-24(33)27-25-18-19-5-4-8-22(17-19)32-21-6-2-1-3-7-21/h1-12,17-18H,13-16H2,(H2,26,27,33). The smallest absolute Gasteiger partial charge is 0.243 e. The fraction of sp³-hybridized carbons (Fsp3) is 0.167. The molecule has 0 unspecified atom stereocenters. The quantitative estimate of drug-likeness (QED) is 0.292. The number of nitrogens with one attached hydrogen (secondary N) is 2. The summed E-state index contributed by atoms with van der Waals surface area (Å²) in [6.45, 7) is 1.53. The van der Waals surface area contributed by atoms with Crippen LogP contribution in [0.15, 0.2) is 88.9 Å². The second kappa shape index (κ2) is 11.2. The van der Waals surface area contributed by atoms with Crippen molar-refractivity contribution in [2.45, 2.75) is 4.90 Å². The fourth-order valence-corrected chi connectivity index (χ4v) is 4.83. The van der Waals surface area contributed by atoms with E-state index in [1.165, 1.54) is 4.31 Å². The van der Waals surface area contributed by atoms with Crippen LogP contribution in [-0.2, 0) is 14.8 Å². The zero-order valence-corrected chi connectivity index (χ0v) is 19.9. The normalized spacial score (nSPS) is 14.6. The number of hydrogen-bond acceptors (Lipinski definition) is 6. The molecule has 0 bridgehead atoms. The predicted molar refractivity (Wildman–Crippen MR) is 136 cm³/mol. The van der Waals surface area contributed by atoms with E-state index < -0.39 is 10.0 Å². The van der Waals surface area contributed by atoms with E-state index in [1.54, 1.807) is 30.5 Å². The third-order valence-corrected chi connectivity index (χ3v) is 7.04. The number of ether oxygens (including phenoxy) is 2. The molecule has 0 aliphatic carbocycles. The van der Waals surface area contributed by atoms with Gasteiger partial charge in [-0.25, -0.2) is 8.42 Å². The van der Waals surface area contributed by atoms with E-state index in [2.05, 4.69) is 15.8 Å². The first kappa shape index (κ1) is 23.8. The second-order valence-electron chi connectivity index (χ2n) is 7.35. The third kappa shape index (κ3) is 6.39. The minimum absolute atomic E-state index is 0.231. The van der Waals surface area contributed by atoms with Crippen molar-refractivity contribution in [1.29, 1.82) is 0 Å². The minimum atomic E-state index is -3.53. The molecule has 1 aliphatic rings. The number of hydrazone groups is 1. The minimum Gasteiger partial charge on any atom is -0.457 e. The van der Waals surface area contributed by atoms with Gasteiger partial charge in [-0.05, 0) is 66.3 Å². The van der Waals surface area contributed by atoms with Gasteiger partial charge in [-0.1, -0.05) is 30.3 Å². The topological polar surface area (TPSA) is 92.3 Å². The average molecular weight is 497 g/mol. The number of nitrogens with zero attached hydrogens (tertiary/aromatic N) is 2. The largest absolute Gasteiger partial charge is 0.457 e.